The maximum atomic E-state index is 12.4. The smallest absolute Gasteiger partial charge is 0.248 e. The fourth-order valence-electron chi connectivity index (χ4n) is 0.698. The van der Waals surface area contributed by atoms with Crippen molar-refractivity contribution in [2.24, 2.45) is 5.73 Å². The Labute approximate surface area is 97.2 Å². The molecule has 2 N–H and O–H groups in total. The summed E-state index contributed by atoms with van der Waals surface area (Å²) in [5.41, 5.74) is 4.31. The quantitative estimate of drug-likeness (QED) is 0.761. The minimum absolute atomic E-state index is 0. The number of carbonyl (C=O) groups excluding carboxylic acids is 1. The minimum atomic E-state index is -1.61. The third-order valence-electron chi connectivity index (χ3n) is 1.27. The molecule has 1 amide bonds. The molecular formula is C7H4F3NOY. The first-order chi connectivity index (χ1) is 5.52. The molecule has 0 heterocycles. The van der Waals surface area contributed by atoms with Crippen LogP contribution in [0.5, 0.6) is 0 Å². The van der Waals surface area contributed by atoms with E-state index >= 15 is 0 Å². The molecule has 0 saturated heterocycles. The number of nitrogens with two attached hydrogens (primary N) is 1. The van der Waals surface area contributed by atoms with Gasteiger partial charge in [0.05, 0.1) is 0 Å². The normalized spacial score (nSPS) is 9.15. The zero-order chi connectivity index (χ0) is 9.30. The predicted octanol–water partition coefficient (Wildman–Crippen LogP) is 1.20. The van der Waals surface area contributed by atoms with E-state index in [2.05, 4.69) is 0 Å². The molecule has 6 heteroatoms. The number of hydrogen-bond acceptors (Lipinski definition) is 1. The van der Waals surface area contributed by atoms with Crippen molar-refractivity contribution in [3.8, 4) is 0 Å². The summed E-state index contributed by atoms with van der Waals surface area (Å²) < 4.78 is 37.0. The number of rotatable bonds is 1. The third kappa shape index (κ3) is 2.77. The first-order valence-electron chi connectivity index (χ1n) is 2.96. The zero-order valence-corrected chi connectivity index (χ0v) is 9.19. The molecule has 0 unspecified atom stereocenters. The number of halogens is 3. The zero-order valence-electron chi connectivity index (χ0n) is 6.35. The second-order valence-corrected chi connectivity index (χ2v) is 2.12. The minimum Gasteiger partial charge on any atom is -0.366 e. The molecule has 0 fully saturated rings. The second kappa shape index (κ2) is 4.72. The van der Waals surface area contributed by atoms with E-state index < -0.39 is 28.9 Å². The van der Waals surface area contributed by atoms with Crippen LogP contribution in [0.15, 0.2) is 12.1 Å². The Bertz CT molecular complexity index is 320. The molecule has 1 radical (unpaired) electrons. The summed E-state index contributed by atoms with van der Waals surface area (Å²) in [5, 5.41) is 0. The SMILES string of the molecule is NC(=O)c1cc(F)c(F)c(F)c1.[Y]. The van der Waals surface area contributed by atoms with Crippen LogP contribution in [0.3, 0.4) is 0 Å². The van der Waals surface area contributed by atoms with Crippen LogP contribution < -0.4 is 5.73 Å². The average molecular weight is 264 g/mol. The summed E-state index contributed by atoms with van der Waals surface area (Å²) in [7, 11) is 0. The Morgan fingerprint density at radius 1 is 1.15 bits per heavy atom. The first kappa shape index (κ1) is 12.6. The van der Waals surface area contributed by atoms with Crippen molar-refractivity contribution in [2.45, 2.75) is 0 Å². The summed E-state index contributed by atoms with van der Waals surface area (Å²) in [5.74, 6) is -5.47. The summed E-state index contributed by atoms with van der Waals surface area (Å²) in [6, 6.07) is 1.08. The van der Waals surface area contributed by atoms with Gasteiger partial charge in [0.2, 0.25) is 5.91 Å². The van der Waals surface area contributed by atoms with Crippen molar-refractivity contribution in [1.29, 1.82) is 0 Å². The molecule has 0 aromatic heterocycles. The second-order valence-electron chi connectivity index (χ2n) is 2.12. The molecular weight excluding hydrogens is 260 g/mol. The van der Waals surface area contributed by atoms with Gasteiger partial charge in [-0.15, -0.1) is 0 Å². The van der Waals surface area contributed by atoms with E-state index in [-0.39, 0.29) is 32.7 Å². The molecule has 1 rings (SSSR count). The summed E-state index contributed by atoms with van der Waals surface area (Å²) >= 11 is 0. The maximum Gasteiger partial charge on any atom is 0.248 e. The summed E-state index contributed by atoms with van der Waals surface area (Å²) in [6.45, 7) is 0. The predicted molar refractivity (Wildman–Crippen MR) is 34.8 cm³/mol. The van der Waals surface area contributed by atoms with Crippen LogP contribution >= 0.6 is 0 Å². The van der Waals surface area contributed by atoms with E-state index in [0.29, 0.717) is 12.1 Å². The van der Waals surface area contributed by atoms with E-state index in [1.165, 1.54) is 0 Å². The first-order valence-corrected chi connectivity index (χ1v) is 2.96. The van der Waals surface area contributed by atoms with Crippen LogP contribution in [0.25, 0.3) is 0 Å². The van der Waals surface area contributed by atoms with Crippen molar-refractivity contribution in [1.82, 2.24) is 0 Å². The van der Waals surface area contributed by atoms with Crippen LogP contribution in [-0.4, -0.2) is 5.91 Å². The van der Waals surface area contributed by atoms with Gasteiger partial charge in [-0.2, -0.15) is 0 Å². The molecule has 13 heavy (non-hydrogen) atoms. The van der Waals surface area contributed by atoms with Crippen molar-refractivity contribution in [3.05, 3.63) is 35.1 Å². The fourth-order valence-corrected chi connectivity index (χ4v) is 0.698. The molecule has 0 spiro atoms. The molecule has 0 aliphatic rings. The standard InChI is InChI=1S/C7H4F3NO.Y/c8-4-1-3(7(11)12)2-5(9)6(4)10;/h1-2H,(H2,11,12);. The van der Waals surface area contributed by atoms with Gasteiger partial charge >= 0.3 is 0 Å². The van der Waals surface area contributed by atoms with Crippen LogP contribution in [-0.2, 0) is 32.7 Å². The van der Waals surface area contributed by atoms with Gasteiger partial charge in [0.15, 0.2) is 17.5 Å². The largest absolute Gasteiger partial charge is 0.366 e. The number of benzene rings is 1. The molecule has 0 aliphatic carbocycles. The van der Waals surface area contributed by atoms with Gasteiger partial charge in [-0.1, -0.05) is 0 Å². The molecule has 1 aromatic rings. The van der Waals surface area contributed by atoms with E-state index in [1.807, 2.05) is 0 Å². The fraction of sp³-hybridized carbons (Fsp3) is 0. The summed E-state index contributed by atoms with van der Waals surface area (Å²) in [6.07, 6.45) is 0. The van der Waals surface area contributed by atoms with Crippen LogP contribution in [0.2, 0.25) is 0 Å². The number of hydrogen-bond donors (Lipinski definition) is 1. The maximum absolute atomic E-state index is 12.4. The Kier molecular flexibility index (Phi) is 4.57. The Morgan fingerprint density at radius 3 is 1.85 bits per heavy atom. The molecule has 0 saturated carbocycles. The molecule has 0 bridgehead atoms. The van der Waals surface area contributed by atoms with E-state index in [9.17, 15) is 18.0 Å². The van der Waals surface area contributed by atoms with Crippen molar-refractivity contribution in [2.75, 3.05) is 0 Å². The number of amides is 1. The summed E-state index contributed by atoms with van der Waals surface area (Å²) in [4.78, 5) is 10.4. The van der Waals surface area contributed by atoms with Gasteiger partial charge < -0.3 is 5.73 Å². The van der Waals surface area contributed by atoms with Gasteiger partial charge in [0, 0.05) is 38.3 Å². The number of primary amides is 1. The van der Waals surface area contributed by atoms with E-state index in [4.69, 9.17) is 5.73 Å². The van der Waals surface area contributed by atoms with Crippen LogP contribution in [0.1, 0.15) is 10.4 Å². The average Bonchev–Trinajstić information content (AvgIpc) is 1.99. The van der Waals surface area contributed by atoms with Gasteiger partial charge in [0.25, 0.3) is 0 Å². The Hall–Kier alpha value is -0.416. The van der Waals surface area contributed by atoms with Crippen molar-refractivity contribution in [3.63, 3.8) is 0 Å². The molecule has 0 aliphatic heterocycles. The van der Waals surface area contributed by atoms with Gasteiger partial charge in [-0.3, -0.25) is 4.79 Å². The van der Waals surface area contributed by atoms with E-state index in [1.54, 1.807) is 0 Å². The van der Waals surface area contributed by atoms with Crippen molar-refractivity contribution >= 4 is 5.91 Å². The van der Waals surface area contributed by atoms with Gasteiger partial charge in [-0.05, 0) is 12.1 Å². The Morgan fingerprint density at radius 2 is 1.54 bits per heavy atom. The van der Waals surface area contributed by atoms with Gasteiger partial charge in [-0.25, -0.2) is 13.2 Å². The monoisotopic (exact) mass is 264 g/mol. The van der Waals surface area contributed by atoms with Gasteiger partial charge in [0.1, 0.15) is 0 Å². The number of carbonyl (C=O) groups is 1. The molecule has 67 valence electrons. The molecule has 0 atom stereocenters. The third-order valence-corrected chi connectivity index (χ3v) is 1.27. The molecule has 1 aromatic carbocycles. The van der Waals surface area contributed by atoms with Crippen LogP contribution in [0, 0.1) is 17.5 Å². The van der Waals surface area contributed by atoms with Crippen LogP contribution in [0.4, 0.5) is 13.2 Å². The van der Waals surface area contributed by atoms with Crippen molar-refractivity contribution < 1.29 is 50.7 Å². The topological polar surface area (TPSA) is 43.1 Å². The van der Waals surface area contributed by atoms with E-state index in [0.717, 1.165) is 0 Å². The Balaban J connectivity index is 0.00000144. The molecule has 2 nitrogen and oxygen atoms in total.